The van der Waals surface area contributed by atoms with Crippen LogP contribution in [0.1, 0.15) is 10.4 Å². The van der Waals surface area contributed by atoms with Gasteiger partial charge in [-0.25, -0.2) is 4.79 Å². The molecule has 0 heterocycles. The highest BCUT2D eigenvalue weighted by atomic mass is 79.9. The molecule has 0 atom stereocenters. The maximum atomic E-state index is 11.2. The van der Waals surface area contributed by atoms with Crippen molar-refractivity contribution in [2.45, 2.75) is 9.79 Å². The molecule has 0 fully saturated rings. The fraction of sp³-hybridized carbons (Fsp3) is 0.0714. The van der Waals surface area contributed by atoms with Gasteiger partial charge in [-0.2, -0.15) is 0 Å². The summed E-state index contributed by atoms with van der Waals surface area (Å²) in [5, 5.41) is 9.18. The largest absolute Gasteiger partial charge is 0.497 e. The minimum Gasteiger partial charge on any atom is -0.497 e. The summed E-state index contributed by atoms with van der Waals surface area (Å²) < 4.78 is 6.00. The first kappa shape index (κ1) is 14.0. The van der Waals surface area contributed by atoms with Crippen molar-refractivity contribution in [2.24, 2.45) is 0 Å². The Bertz CT molecular complexity index is 613. The molecule has 0 saturated carbocycles. The molecule has 2 aromatic rings. The lowest BCUT2D eigenvalue weighted by Gasteiger charge is -2.07. The van der Waals surface area contributed by atoms with Gasteiger partial charge in [0.2, 0.25) is 0 Å². The second-order valence-corrected chi connectivity index (χ2v) is 5.76. The van der Waals surface area contributed by atoms with Crippen molar-refractivity contribution in [3.05, 3.63) is 52.5 Å². The zero-order valence-electron chi connectivity index (χ0n) is 10.1. The van der Waals surface area contributed by atoms with Crippen molar-refractivity contribution in [1.29, 1.82) is 0 Å². The highest BCUT2D eigenvalue weighted by Gasteiger charge is 2.11. The van der Waals surface area contributed by atoms with Crippen LogP contribution in [0.25, 0.3) is 0 Å². The average molecular weight is 339 g/mol. The Hall–Kier alpha value is -1.46. The van der Waals surface area contributed by atoms with Crippen molar-refractivity contribution in [1.82, 2.24) is 0 Å². The Morgan fingerprint density at radius 3 is 2.74 bits per heavy atom. The second-order valence-electron chi connectivity index (χ2n) is 3.73. The summed E-state index contributed by atoms with van der Waals surface area (Å²) in [6.45, 7) is 0. The normalized spacial score (nSPS) is 10.2. The van der Waals surface area contributed by atoms with Gasteiger partial charge in [0.15, 0.2) is 0 Å². The van der Waals surface area contributed by atoms with Crippen molar-refractivity contribution in [3.8, 4) is 5.75 Å². The van der Waals surface area contributed by atoms with E-state index < -0.39 is 5.97 Å². The predicted octanol–water partition coefficient (Wildman–Crippen LogP) is 4.31. The van der Waals surface area contributed by atoms with Crippen LogP contribution in [-0.2, 0) is 0 Å². The van der Waals surface area contributed by atoms with E-state index in [-0.39, 0.29) is 5.56 Å². The van der Waals surface area contributed by atoms with Gasteiger partial charge in [-0.15, -0.1) is 0 Å². The van der Waals surface area contributed by atoms with Crippen molar-refractivity contribution < 1.29 is 14.6 Å². The van der Waals surface area contributed by atoms with Gasteiger partial charge in [-0.3, -0.25) is 0 Å². The first-order chi connectivity index (χ1) is 9.10. The lowest BCUT2D eigenvalue weighted by atomic mass is 10.2. The minimum atomic E-state index is -0.933. The SMILES string of the molecule is COc1cccc(Sc2cc(Br)ccc2C(=O)O)c1. The summed E-state index contributed by atoms with van der Waals surface area (Å²) in [4.78, 5) is 12.8. The van der Waals surface area contributed by atoms with E-state index in [2.05, 4.69) is 15.9 Å². The molecule has 0 radical (unpaired) electrons. The molecule has 1 N–H and O–H groups in total. The third-order valence-corrected chi connectivity index (χ3v) is 3.98. The van der Waals surface area contributed by atoms with Crippen LogP contribution in [0.4, 0.5) is 0 Å². The summed E-state index contributed by atoms with van der Waals surface area (Å²) in [6, 6.07) is 12.6. The zero-order valence-corrected chi connectivity index (χ0v) is 12.5. The molecule has 0 aliphatic heterocycles. The molecule has 5 heteroatoms. The number of halogens is 1. The van der Waals surface area contributed by atoms with Gasteiger partial charge in [-0.1, -0.05) is 33.8 Å². The van der Waals surface area contributed by atoms with Gasteiger partial charge >= 0.3 is 5.97 Å². The molecule has 2 rings (SSSR count). The maximum Gasteiger partial charge on any atom is 0.336 e. The number of benzene rings is 2. The van der Waals surface area contributed by atoms with E-state index in [4.69, 9.17) is 4.74 Å². The Labute approximate surface area is 123 Å². The molecule has 0 bridgehead atoms. The molecule has 0 aromatic heterocycles. The highest BCUT2D eigenvalue weighted by molar-refractivity contribution is 9.10. The molecular weight excluding hydrogens is 328 g/mol. The molecule has 2 aromatic carbocycles. The van der Waals surface area contributed by atoms with Crippen LogP contribution in [-0.4, -0.2) is 18.2 Å². The lowest BCUT2D eigenvalue weighted by molar-refractivity contribution is 0.0693. The lowest BCUT2D eigenvalue weighted by Crippen LogP contribution is -1.98. The molecule has 0 amide bonds. The molecule has 0 saturated heterocycles. The molecular formula is C14H11BrO3S. The van der Waals surface area contributed by atoms with Crippen LogP contribution in [0.2, 0.25) is 0 Å². The van der Waals surface area contributed by atoms with E-state index in [1.54, 1.807) is 25.3 Å². The van der Waals surface area contributed by atoms with Crippen LogP contribution >= 0.6 is 27.7 Å². The monoisotopic (exact) mass is 338 g/mol. The van der Waals surface area contributed by atoms with Crippen LogP contribution in [0.3, 0.4) is 0 Å². The van der Waals surface area contributed by atoms with Gasteiger partial charge in [-0.05, 0) is 36.4 Å². The number of aromatic carboxylic acids is 1. The van der Waals surface area contributed by atoms with E-state index in [1.807, 2.05) is 24.3 Å². The molecule has 19 heavy (non-hydrogen) atoms. The highest BCUT2D eigenvalue weighted by Crippen LogP contribution is 2.34. The smallest absolute Gasteiger partial charge is 0.336 e. The maximum absolute atomic E-state index is 11.2. The first-order valence-corrected chi connectivity index (χ1v) is 7.06. The van der Waals surface area contributed by atoms with E-state index in [9.17, 15) is 9.90 Å². The Morgan fingerprint density at radius 2 is 2.05 bits per heavy atom. The number of rotatable bonds is 4. The van der Waals surface area contributed by atoms with Gasteiger partial charge in [0, 0.05) is 14.3 Å². The van der Waals surface area contributed by atoms with Crippen LogP contribution in [0.5, 0.6) is 5.75 Å². The van der Waals surface area contributed by atoms with E-state index in [1.165, 1.54) is 11.8 Å². The molecule has 0 unspecified atom stereocenters. The van der Waals surface area contributed by atoms with Gasteiger partial charge in [0.25, 0.3) is 0 Å². The van der Waals surface area contributed by atoms with Crippen molar-refractivity contribution >= 4 is 33.7 Å². The van der Waals surface area contributed by atoms with Gasteiger partial charge in [0.05, 0.1) is 12.7 Å². The quantitative estimate of drug-likeness (QED) is 0.902. The fourth-order valence-corrected chi connectivity index (χ4v) is 3.09. The van der Waals surface area contributed by atoms with E-state index >= 15 is 0 Å². The summed E-state index contributed by atoms with van der Waals surface area (Å²) in [5.41, 5.74) is 0.288. The van der Waals surface area contributed by atoms with Crippen LogP contribution in [0, 0.1) is 0 Å². The van der Waals surface area contributed by atoms with Gasteiger partial charge < -0.3 is 9.84 Å². The number of carboxylic acids is 1. The third-order valence-electron chi connectivity index (χ3n) is 2.44. The molecule has 98 valence electrons. The predicted molar refractivity (Wildman–Crippen MR) is 78.2 cm³/mol. The zero-order chi connectivity index (χ0) is 13.8. The van der Waals surface area contributed by atoms with Crippen molar-refractivity contribution in [2.75, 3.05) is 7.11 Å². The summed E-state index contributed by atoms with van der Waals surface area (Å²) in [6.07, 6.45) is 0. The number of carboxylic acid groups (broad SMARTS) is 1. The molecule has 0 spiro atoms. The van der Waals surface area contributed by atoms with E-state index in [0.29, 0.717) is 4.90 Å². The number of methoxy groups -OCH3 is 1. The fourth-order valence-electron chi connectivity index (χ4n) is 1.55. The van der Waals surface area contributed by atoms with E-state index in [0.717, 1.165) is 15.1 Å². The third kappa shape index (κ3) is 3.52. The standard InChI is InChI=1S/C14H11BrO3S/c1-18-10-3-2-4-11(8-10)19-13-7-9(15)5-6-12(13)14(16)17/h2-8H,1H3,(H,16,17). The Morgan fingerprint density at radius 1 is 1.26 bits per heavy atom. The number of hydrogen-bond acceptors (Lipinski definition) is 3. The van der Waals surface area contributed by atoms with Crippen molar-refractivity contribution in [3.63, 3.8) is 0 Å². The summed E-state index contributed by atoms with van der Waals surface area (Å²) in [7, 11) is 1.60. The van der Waals surface area contributed by atoms with Gasteiger partial charge in [0.1, 0.15) is 5.75 Å². The summed E-state index contributed by atoms with van der Waals surface area (Å²) in [5.74, 6) is -0.185. The topological polar surface area (TPSA) is 46.5 Å². The molecule has 3 nitrogen and oxygen atoms in total. The molecule has 0 aliphatic rings. The Balaban J connectivity index is 2.36. The average Bonchev–Trinajstić information content (AvgIpc) is 2.38. The first-order valence-electron chi connectivity index (χ1n) is 5.45. The van der Waals surface area contributed by atoms with Crippen LogP contribution < -0.4 is 4.74 Å². The number of ether oxygens (including phenoxy) is 1. The van der Waals surface area contributed by atoms with Crippen LogP contribution in [0.15, 0.2) is 56.7 Å². The minimum absolute atomic E-state index is 0.288. The Kier molecular flexibility index (Phi) is 4.50. The second kappa shape index (κ2) is 6.12. The molecule has 0 aliphatic carbocycles. The number of hydrogen-bond donors (Lipinski definition) is 1. The number of carbonyl (C=O) groups is 1. The summed E-state index contributed by atoms with van der Waals surface area (Å²) >= 11 is 4.75.